The molecule has 15 heavy (non-hydrogen) atoms. The van der Waals surface area contributed by atoms with Crippen LogP contribution in [0.1, 0.15) is 5.56 Å². The molecule has 2 heterocycles. The monoisotopic (exact) mass is 266 g/mol. The summed E-state index contributed by atoms with van der Waals surface area (Å²) in [6.07, 6.45) is 6.05. The molecule has 0 aliphatic rings. The molecule has 0 atom stereocenters. The fourth-order valence-corrected chi connectivity index (χ4v) is 1.63. The van der Waals surface area contributed by atoms with E-state index in [9.17, 15) is 4.79 Å². The number of H-pyrrole nitrogens is 1. The number of aromatic amines is 1. The summed E-state index contributed by atoms with van der Waals surface area (Å²) in [5.41, 5.74) is 1.55. The lowest BCUT2D eigenvalue weighted by Gasteiger charge is -1.92. The first kappa shape index (κ1) is 9.92. The predicted octanol–water partition coefficient (Wildman–Crippen LogP) is 2.42. The zero-order valence-corrected chi connectivity index (χ0v) is 9.15. The normalized spacial score (nSPS) is 11.3. The Morgan fingerprint density at radius 2 is 2.40 bits per heavy atom. The van der Waals surface area contributed by atoms with E-state index in [0.717, 1.165) is 27.1 Å². The molecule has 2 rings (SSSR count). The van der Waals surface area contributed by atoms with Crippen LogP contribution in [0.25, 0.3) is 17.1 Å². The Bertz CT molecular complexity index is 545. The minimum absolute atomic E-state index is 0.739. The number of hydrogen-bond acceptors (Lipinski definition) is 2. The van der Waals surface area contributed by atoms with Crippen molar-refractivity contribution in [3.8, 4) is 0 Å². The van der Waals surface area contributed by atoms with Crippen LogP contribution in [0.5, 0.6) is 0 Å². The van der Waals surface area contributed by atoms with Crippen LogP contribution in [0.3, 0.4) is 0 Å². The minimum Gasteiger partial charge on any atom is -0.478 e. The molecule has 0 amide bonds. The van der Waals surface area contributed by atoms with Gasteiger partial charge in [-0.05, 0) is 28.1 Å². The van der Waals surface area contributed by atoms with E-state index < -0.39 is 5.97 Å². The second-order valence-electron chi connectivity index (χ2n) is 2.97. The number of carboxylic acids is 1. The Kier molecular flexibility index (Phi) is 2.55. The molecule has 0 aliphatic heterocycles. The third kappa shape index (κ3) is 2.07. The molecule has 76 valence electrons. The highest BCUT2D eigenvalue weighted by Gasteiger charge is 2.02. The van der Waals surface area contributed by atoms with Crippen molar-refractivity contribution in [2.75, 3.05) is 0 Å². The van der Waals surface area contributed by atoms with Gasteiger partial charge in [0, 0.05) is 33.9 Å². The van der Waals surface area contributed by atoms with E-state index in [1.807, 2.05) is 6.07 Å². The van der Waals surface area contributed by atoms with E-state index in [1.165, 1.54) is 6.08 Å². The van der Waals surface area contributed by atoms with Gasteiger partial charge in [0.15, 0.2) is 0 Å². The standard InChI is InChI=1S/C10H7BrN2O2/c11-7-3-8-6(1-2-9(14)15)4-12-10(8)13-5-7/h1-5H,(H,12,13)(H,14,15). The van der Waals surface area contributed by atoms with E-state index in [-0.39, 0.29) is 0 Å². The molecule has 0 fully saturated rings. The number of aliphatic carboxylic acids is 1. The Labute approximate surface area is 93.8 Å². The maximum Gasteiger partial charge on any atom is 0.328 e. The summed E-state index contributed by atoms with van der Waals surface area (Å²) in [5, 5.41) is 9.41. The predicted molar refractivity (Wildman–Crippen MR) is 60.5 cm³/mol. The van der Waals surface area contributed by atoms with Crippen LogP contribution in [-0.4, -0.2) is 21.0 Å². The molecular formula is C10H7BrN2O2. The number of carboxylic acid groups (broad SMARTS) is 1. The molecule has 0 radical (unpaired) electrons. The van der Waals surface area contributed by atoms with Gasteiger partial charge in [-0.3, -0.25) is 0 Å². The highest BCUT2D eigenvalue weighted by atomic mass is 79.9. The van der Waals surface area contributed by atoms with Crippen LogP contribution in [-0.2, 0) is 4.79 Å². The lowest BCUT2D eigenvalue weighted by molar-refractivity contribution is -0.131. The topological polar surface area (TPSA) is 66.0 Å². The Morgan fingerprint density at radius 1 is 1.60 bits per heavy atom. The summed E-state index contributed by atoms with van der Waals surface area (Å²) in [6.45, 7) is 0. The second kappa shape index (κ2) is 3.86. The third-order valence-corrected chi connectivity index (χ3v) is 2.37. The molecule has 0 aliphatic carbocycles. The van der Waals surface area contributed by atoms with Crippen LogP contribution in [0.4, 0.5) is 0 Å². The van der Waals surface area contributed by atoms with Gasteiger partial charge in [-0.2, -0.15) is 0 Å². The molecular weight excluding hydrogens is 260 g/mol. The van der Waals surface area contributed by atoms with Crippen LogP contribution >= 0.6 is 15.9 Å². The zero-order valence-electron chi connectivity index (χ0n) is 7.57. The Hall–Kier alpha value is -1.62. The quantitative estimate of drug-likeness (QED) is 0.821. The molecule has 4 nitrogen and oxygen atoms in total. The number of aromatic nitrogens is 2. The number of halogens is 1. The maximum absolute atomic E-state index is 10.4. The van der Waals surface area contributed by atoms with Crippen molar-refractivity contribution in [3.63, 3.8) is 0 Å². The molecule has 0 aromatic carbocycles. The average Bonchev–Trinajstić information content (AvgIpc) is 2.57. The fraction of sp³-hybridized carbons (Fsp3) is 0. The van der Waals surface area contributed by atoms with Crippen molar-refractivity contribution in [1.29, 1.82) is 0 Å². The van der Waals surface area contributed by atoms with Gasteiger partial charge in [-0.15, -0.1) is 0 Å². The lowest BCUT2D eigenvalue weighted by Crippen LogP contribution is -1.85. The third-order valence-electron chi connectivity index (χ3n) is 1.94. The molecule has 0 spiro atoms. The van der Waals surface area contributed by atoms with Crippen LogP contribution in [0, 0.1) is 0 Å². The van der Waals surface area contributed by atoms with Crippen molar-refractivity contribution in [3.05, 3.63) is 34.6 Å². The molecule has 0 saturated heterocycles. The van der Waals surface area contributed by atoms with Crippen LogP contribution in [0.15, 0.2) is 29.0 Å². The van der Waals surface area contributed by atoms with E-state index in [4.69, 9.17) is 5.11 Å². The first-order valence-corrected chi connectivity index (χ1v) is 5.00. The van der Waals surface area contributed by atoms with E-state index in [1.54, 1.807) is 12.4 Å². The number of nitrogens with one attached hydrogen (secondary N) is 1. The zero-order chi connectivity index (χ0) is 10.8. The number of pyridine rings is 1. The van der Waals surface area contributed by atoms with Gasteiger partial charge in [-0.25, -0.2) is 9.78 Å². The van der Waals surface area contributed by atoms with Gasteiger partial charge in [-0.1, -0.05) is 0 Å². The maximum atomic E-state index is 10.4. The average molecular weight is 267 g/mol. The van der Waals surface area contributed by atoms with Crippen molar-refractivity contribution < 1.29 is 9.90 Å². The van der Waals surface area contributed by atoms with Crippen LogP contribution in [0.2, 0.25) is 0 Å². The fourth-order valence-electron chi connectivity index (χ4n) is 1.30. The lowest BCUT2D eigenvalue weighted by atomic mass is 10.2. The molecule has 0 unspecified atom stereocenters. The summed E-state index contributed by atoms with van der Waals surface area (Å²) >= 11 is 3.31. The van der Waals surface area contributed by atoms with Crippen molar-refractivity contribution >= 4 is 39.0 Å². The summed E-state index contributed by atoms with van der Waals surface area (Å²) in [7, 11) is 0. The van der Waals surface area contributed by atoms with Gasteiger partial charge in [0.05, 0.1) is 0 Å². The largest absolute Gasteiger partial charge is 0.478 e. The number of hydrogen-bond donors (Lipinski definition) is 2. The molecule has 5 heteroatoms. The van der Waals surface area contributed by atoms with Gasteiger partial charge < -0.3 is 10.1 Å². The van der Waals surface area contributed by atoms with Gasteiger partial charge in [0.1, 0.15) is 5.65 Å². The van der Waals surface area contributed by atoms with Crippen LogP contribution < -0.4 is 0 Å². The molecule has 0 saturated carbocycles. The summed E-state index contributed by atoms with van der Waals surface area (Å²) in [6, 6.07) is 1.89. The highest BCUT2D eigenvalue weighted by molar-refractivity contribution is 9.10. The Balaban J connectivity index is 2.52. The SMILES string of the molecule is O=C(O)C=Cc1c[nH]c2ncc(Br)cc12. The Morgan fingerprint density at radius 3 is 3.13 bits per heavy atom. The second-order valence-corrected chi connectivity index (χ2v) is 3.88. The molecule has 0 bridgehead atoms. The van der Waals surface area contributed by atoms with Crippen molar-refractivity contribution in [1.82, 2.24) is 9.97 Å². The van der Waals surface area contributed by atoms with E-state index >= 15 is 0 Å². The summed E-state index contributed by atoms with van der Waals surface area (Å²) < 4.78 is 0.861. The van der Waals surface area contributed by atoms with Gasteiger partial charge in [0.25, 0.3) is 0 Å². The number of rotatable bonds is 2. The number of fused-ring (bicyclic) bond motifs is 1. The van der Waals surface area contributed by atoms with Crippen molar-refractivity contribution in [2.45, 2.75) is 0 Å². The minimum atomic E-state index is -0.965. The summed E-state index contributed by atoms with van der Waals surface area (Å²) in [4.78, 5) is 17.5. The van der Waals surface area contributed by atoms with Gasteiger partial charge >= 0.3 is 5.97 Å². The van der Waals surface area contributed by atoms with Crippen molar-refractivity contribution in [2.24, 2.45) is 0 Å². The summed E-state index contributed by atoms with van der Waals surface area (Å²) in [5.74, 6) is -0.965. The smallest absolute Gasteiger partial charge is 0.328 e. The number of nitrogens with zero attached hydrogens (tertiary/aromatic N) is 1. The molecule has 2 aromatic rings. The highest BCUT2D eigenvalue weighted by Crippen LogP contribution is 2.21. The first-order chi connectivity index (χ1) is 7.16. The number of carbonyl (C=O) groups is 1. The molecule has 2 aromatic heterocycles. The van der Waals surface area contributed by atoms with Gasteiger partial charge in [0.2, 0.25) is 0 Å². The first-order valence-electron chi connectivity index (χ1n) is 4.20. The van der Waals surface area contributed by atoms with E-state index in [0.29, 0.717) is 0 Å². The van der Waals surface area contributed by atoms with E-state index in [2.05, 4.69) is 25.9 Å². The molecule has 2 N–H and O–H groups in total.